The molecule has 2 amide bonds. The van der Waals surface area contributed by atoms with Crippen molar-refractivity contribution in [2.45, 2.75) is 19.6 Å². The molecule has 0 aliphatic carbocycles. The third-order valence-electron chi connectivity index (χ3n) is 5.22. The van der Waals surface area contributed by atoms with Gasteiger partial charge in [-0.3, -0.25) is 19.9 Å². The number of nitrogens with one attached hydrogen (secondary N) is 2. The van der Waals surface area contributed by atoms with Gasteiger partial charge in [0.1, 0.15) is 6.17 Å². The molecule has 0 saturated carbocycles. The van der Waals surface area contributed by atoms with Crippen LogP contribution in [0.25, 0.3) is 0 Å². The summed E-state index contributed by atoms with van der Waals surface area (Å²) in [6.45, 7) is 3.70. The Hall–Kier alpha value is -2.68. The third-order valence-corrected chi connectivity index (χ3v) is 6.16. The van der Waals surface area contributed by atoms with Gasteiger partial charge in [-0.05, 0) is 24.6 Å². The van der Waals surface area contributed by atoms with Crippen LogP contribution in [0.2, 0.25) is 0 Å². The summed E-state index contributed by atoms with van der Waals surface area (Å²) in [7, 11) is 0. The van der Waals surface area contributed by atoms with Crippen LogP contribution in [0.15, 0.2) is 65.7 Å². The SMILES string of the molecule is CCN(Cc1ccccc1)C(=O)CSC1=NC2NNCC2C(=O)N1c1ccccc1. The Morgan fingerprint density at radius 2 is 1.87 bits per heavy atom. The largest absolute Gasteiger partial charge is 0.338 e. The fourth-order valence-corrected chi connectivity index (χ4v) is 4.53. The second-order valence-corrected chi connectivity index (χ2v) is 8.12. The molecule has 7 nitrogen and oxygen atoms in total. The van der Waals surface area contributed by atoms with Crippen LogP contribution in [0.4, 0.5) is 5.69 Å². The number of rotatable bonds is 6. The normalized spacial score (nSPS) is 20.6. The molecule has 156 valence electrons. The smallest absolute Gasteiger partial charge is 0.241 e. The van der Waals surface area contributed by atoms with Gasteiger partial charge in [0.15, 0.2) is 5.17 Å². The molecule has 4 rings (SSSR count). The van der Waals surface area contributed by atoms with Crippen LogP contribution in [0, 0.1) is 5.92 Å². The predicted octanol–water partition coefficient (Wildman–Crippen LogP) is 2.22. The Balaban J connectivity index is 1.49. The van der Waals surface area contributed by atoms with E-state index in [2.05, 4.69) is 10.9 Å². The molecule has 2 aromatic rings. The summed E-state index contributed by atoms with van der Waals surface area (Å²) in [6.07, 6.45) is -0.304. The number of hydrogen-bond acceptors (Lipinski definition) is 6. The standard InChI is InChI=1S/C22H25N5O2S/c1-2-26(14-16-9-5-3-6-10-16)19(28)15-30-22-24-20-18(13-23-25-20)21(29)27(22)17-11-7-4-8-12-17/h3-12,18,20,23,25H,2,13-15H2,1H3. The number of hydrazine groups is 1. The lowest BCUT2D eigenvalue weighted by molar-refractivity contribution is -0.128. The van der Waals surface area contributed by atoms with Crippen molar-refractivity contribution in [1.29, 1.82) is 0 Å². The van der Waals surface area contributed by atoms with E-state index in [1.165, 1.54) is 11.8 Å². The van der Waals surface area contributed by atoms with E-state index in [4.69, 9.17) is 4.99 Å². The molecular weight excluding hydrogens is 398 g/mol. The van der Waals surface area contributed by atoms with Crippen molar-refractivity contribution in [2.75, 3.05) is 23.7 Å². The maximum Gasteiger partial charge on any atom is 0.241 e. The molecule has 2 heterocycles. The van der Waals surface area contributed by atoms with Crippen LogP contribution >= 0.6 is 11.8 Å². The van der Waals surface area contributed by atoms with E-state index in [0.717, 1.165) is 11.3 Å². The lowest BCUT2D eigenvalue weighted by Crippen LogP contribution is -2.49. The highest BCUT2D eigenvalue weighted by Gasteiger charge is 2.42. The average molecular weight is 424 g/mol. The van der Waals surface area contributed by atoms with E-state index < -0.39 is 0 Å². The molecule has 2 aromatic carbocycles. The highest BCUT2D eigenvalue weighted by molar-refractivity contribution is 8.14. The predicted molar refractivity (Wildman–Crippen MR) is 120 cm³/mol. The number of nitrogens with zero attached hydrogens (tertiary/aromatic N) is 3. The van der Waals surface area contributed by atoms with Gasteiger partial charge < -0.3 is 4.90 Å². The van der Waals surface area contributed by atoms with E-state index in [-0.39, 0.29) is 29.7 Å². The van der Waals surface area contributed by atoms with Crippen molar-refractivity contribution in [2.24, 2.45) is 10.9 Å². The first-order chi connectivity index (χ1) is 14.7. The number of carbonyl (C=O) groups excluding carboxylic acids is 2. The van der Waals surface area contributed by atoms with Crippen LogP contribution in [-0.4, -0.2) is 46.9 Å². The van der Waals surface area contributed by atoms with Gasteiger partial charge in [0.25, 0.3) is 0 Å². The Kier molecular flexibility index (Phi) is 6.47. The zero-order valence-electron chi connectivity index (χ0n) is 16.8. The number of fused-ring (bicyclic) bond motifs is 1. The number of para-hydroxylation sites is 1. The molecule has 1 saturated heterocycles. The molecule has 30 heavy (non-hydrogen) atoms. The minimum absolute atomic E-state index is 0.00900. The van der Waals surface area contributed by atoms with Gasteiger partial charge in [0.05, 0.1) is 17.4 Å². The van der Waals surface area contributed by atoms with E-state index >= 15 is 0 Å². The summed E-state index contributed by atoms with van der Waals surface area (Å²) >= 11 is 1.31. The van der Waals surface area contributed by atoms with E-state index in [1.54, 1.807) is 4.90 Å². The number of carbonyl (C=O) groups is 2. The van der Waals surface area contributed by atoms with Crippen molar-refractivity contribution >= 4 is 34.4 Å². The molecule has 0 bridgehead atoms. The summed E-state index contributed by atoms with van der Waals surface area (Å²) in [5.41, 5.74) is 7.93. The Morgan fingerprint density at radius 1 is 1.17 bits per heavy atom. The van der Waals surface area contributed by atoms with Crippen LogP contribution in [0.3, 0.4) is 0 Å². The molecule has 0 radical (unpaired) electrons. The van der Waals surface area contributed by atoms with Crippen molar-refractivity contribution in [3.05, 3.63) is 66.2 Å². The molecule has 2 N–H and O–H groups in total. The van der Waals surface area contributed by atoms with E-state index in [1.807, 2.05) is 72.5 Å². The first kappa shape index (κ1) is 20.6. The first-order valence-electron chi connectivity index (χ1n) is 10.1. The molecule has 1 fully saturated rings. The van der Waals surface area contributed by atoms with Crippen molar-refractivity contribution in [3.8, 4) is 0 Å². The summed E-state index contributed by atoms with van der Waals surface area (Å²) in [5, 5.41) is 0.549. The molecule has 8 heteroatoms. The first-order valence-corrected chi connectivity index (χ1v) is 11.1. The number of anilines is 1. The minimum Gasteiger partial charge on any atom is -0.338 e. The summed E-state index contributed by atoms with van der Waals surface area (Å²) in [4.78, 5) is 34.2. The molecule has 2 atom stereocenters. The van der Waals surface area contributed by atoms with Crippen LogP contribution in [-0.2, 0) is 16.1 Å². The highest BCUT2D eigenvalue weighted by Crippen LogP contribution is 2.29. The number of amidine groups is 1. The Bertz CT molecular complexity index is 922. The zero-order valence-corrected chi connectivity index (χ0v) is 17.6. The quantitative estimate of drug-likeness (QED) is 0.745. The molecule has 0 spiro atoms. The average Bonchev–Trinajstić information content (AvgIpc) is 3.26. The lowest BCUT2D eigenvalue weighted by Gasteiger charge is -2.32. The Morgan fingerprint density at radius 3 is 2.57 bits per heavy atom. The maximum atomic E-state index is 13.2. The second-order valence-electron chi connectivity index (χ2n) is 7.18. The fourth-order valence-electron chi connectivity index (χ4n) is 3.58. The van der Waals surface area contributed by atoms with Crippen LogP contribution in [0.5, 0.6) is 0 Å². The number of thioether (sulfide) groups is 1. The topological polar surface area (TPSA) is 77.0 Å². The van der Waals surface area contributed by atoms with Crippen molar-refractivity contribution < 1.29 is 9.59 Å². The van der Waals surface area contributed by atoms with Crippen molar-refractivity contribution in [1.82, 2.24) is 15.8 Å². The second kappa shape index (κ2) is 9.42. The van der Waals surface area contributed by atoms with Crippen LogP contribution < -0.4 is 15.8 Å². The van der Waals surface area contributed by atoms with Crippen LogP contribution in [0.1, 0.15) is 12.5 Å². The zero-order chi connectivity index (χ0) is 20.9. The van der Waals surface area contributed by atoms with E-state index in [0.29, 0.717) is 24.8 Å². The monoisotopic (exact) mass is 423 g/mol. The Labute approximate surface area is 180 Å². The van der Waals surface area contributed by atoms with E-state index in [9.17, 15) is 9.59 Å². The minimum atomic E-state index is -0.304. The third kappa shape index (κ3) is 4.40. The number of aliphatic imine (C=N–C) groups is 1. The molecular formula is C22H25N5O2S. The van der Waals surface area contributed by atoms with Crippen molar-refractivity contribution in [3.63, 3.8) is 0 Å². The fraction of sp³-hybridized carbons (Fsp3) is 0.318. The van der Waals surface area contributed by atoms with Gasteiger partial charge in [-0.15, -0.1) is 0 Å². The number of hydrogen-bond donors (Lipinski definition) is 2. The summed E-state index contributed by atoms with van der Waals surface area (Å²) in [5.74, 6) is -0.0177. The van der Waals surface area contributed by atoms with Gasteiger partial charge in [-0.1, -0.05) is 60.3 Å². The molecule has 0 aromatic heterocycles. The van der Waals surface area contributed by atoms with Gasteiger partial charge >= 0.3 is 0 Å². The summed E-state index contributed by atoms with van der Waals surface area (Å²) < 4.78 is 0. The van der Waals surface area contributed by atoms with Gasteiger partial charge in [0.2, 0.25) is 11.8 Å². The molecule has 2 unspecified atom stereocenters. The summed E-state index contributed by atoms with van der Waals surface area (Å²) in [6, 6.07) is 19.4. The lowest BCUT2D eigenvalue weighted by atomic mass is 10.1. The van der Waals surface area contributed by atoms with Gasteiger partial charge in [-0.2, -0.15) is 0 Å². The molecule has 2 aliphatic rings. The van der Waals surface area contributed by atoms with Gasteiger partial charge in [-0.25, -0.2) is 10.4 Å². The molecule has 2 aliphatic heterocycles. The highest BCUT2D eigenvalue weighted by atomic mass is 32.2. The number of benzene rings is 2. The number of amides is 2. The maximum absolute atomic E-state index is 13.2. The van der Waals surface area contributed by atoms with Gasteiger partial charge in [0, 0.05) is 19.6 Å².